The molecule has 1 saturated heterocycles. The average Bonchev–Trinajstić information content (AvgIpc) is 2.62. The Labute approximate surface area is 108 Å². The molecule has 98 valence electrons. The lowest BCUT2D eigenvalue weighted by atomic mass is 10.2. The Hall–Kier alpha value is -1.55. The normalized spacial score (nSPS) is 20.3. The minimum atomic E-state index is 0.0646. The van der Waals surface area contributed by atoms with Gasteiger partial charge in [-0.05, 0) is 25.5 Å². The maximum absolute atomic E-state index is 12.0. The van der Waals surface area contributed by atoms with Crippen molar-refractivity contribution in [1.82, 2.24) is 10.2 Å². The highest BCUT2D eigenvalue weighted by Crippen LogP contribution is 2.09. The maximum atomic E-state index is 12.0. The van der Waals surface area contributed by atoms with Crippen molar-refractivity contribution >= 4 is 5.91 Å². The summed E-state index contributed by atoms with van der Waals surface area (Å²) in [6.07, 6.45) is 0.997. The van der Waals surface area contributed by atoms with Crippen LogP contribution in [-0.4, -0.2) is 43.1 Å². The summed E-state index contributed by atoms with van der Waals surface area (Å²) in [7, 11) is 0. The first-order valence-electron chi connectivity index (χ1n) is 6.45. The molecule has 1 unspecified atom stereocenters. The zero-order valence-corrected chi connectivity index (χ0v) is 10.8. The number of nitrogens with one attached hydrogen (secondary N) is 1. The molecule has 18 heavy (non-hydrogen) atoms. The number of amides is 1. The molecule has 0 spiro atoms. The maximum Gasteiger partial charge on any atom is 0.260 e. The van der Waals surface area contributed by atoms with Gasteiger partial charge < -0.3 is 15.0 Å². The van der Waals surface area contributed by atoms with E-state index in [9.17, 15) is 4.79 Å². The Kier molecular flexibility index (Phi) is 4.59. The molecule has 1 aromatic carbocycles. The number of ether oxygens (including phenoxy) is 1. The largest absolute Gasteiger partial charge is 0.484 e. The molecule has 0 saturated carbocycles. The molecule has 1 fully saturated rings. The molecule has 1 N–H and O–H groups in total. The molecular weight excluding hydrogens is 228 g/mol. The summed E-state index contributed by atoms with van der Waals surface area (Å²) >= 11 is 0. The molecule has 1 atom stereocenters. The lowest BCUT2D eigenvalue weighted by Gasteiger charge is -2.20. The van der Waals surface area contributed by atoms with Crippen LogP contribution < -0.4 is 10.1 Å². The van der Waals surface area contributed by atoms with Crippen molar-refractivity contribution in [3.63, 3.8) is 0 Å². The van der Waals surface area contributed by atoms with E-state index in [4.69, 9.17) is 4.74 Å². The summed E-state index contributed by atoms with van der Waals surface area (Å²) in [6, 6.07) is 9.93. The number of hydrogen-bond donors (Lipinski definition) is 1. The fourth-order valence-corrected chi connectivity index (χ4v) is 2.01. The van der Waals surface area contributed by atoms with Crippen molar-refractivity contribution in [3.8, 4) is 5.75 Å². The van der Waals surface area contributed by atoms with Gasteiger partial charge in [-0.15, -0.1) is 0 Å². The minimum Gasteiger partial charge on any atom is -0.484 e. The number of rotatable bonds is 3. The first-order valence-corrected chi connectivity index (χ1v) is 6.45. The first kappa shape index (κ1) is 12.9. The predicted octanol–water partition coefficient (Wildman–Crippen LogP) is 1.28. The van der Waals surface area contributed by atoms with Gasteiger partial charge in [0.2, 0.25) is 0 Å². The van der Waals surface area contributed by atoms with E-state index in [1.54, 1.807) is 0 Å². The molecule has 1 heterocycles. The Balaban J connectivity index is 1.80. The number of benzene rings is 1. The number of hydrogen-bond acceptors (Lipinski definition) is 3. The van der Waals surface area contributed by atoms with Crippen molar-refractivity contribution in [3.05, 3.63) is 30.3 Å². The van der Waals surface area contributed by atoms with E-state index in [-0.39, 0.29) is 12.5 Å². The smallest absolute Gasteiger partial charge is 0.260 e. The van der Waals surface area contributed by atoms with Crippen LogP contribution in [-0.2, 0) is 4.79 Å². The van der Waals surface area contributed by atoms with Gasteiger partial charge in [-0.2, -0.15) is 0 Å². The monoisotopic (exact) mass is 248 g/mol. The van der Waals surface area contributed by atoms with Crippen LogP contribution in [0.1, 0.15) is 13.3 Å². The molecule has 1 aromatic rings. The zero-order valence-electron chi connectivity index (χ0n) is 10.8. The molecular formula is C14H20N2O2. The van der Waals surface area contributed by atoms with Gasteiger partial charge in [-0.1, -0.05) is 18.2 Å². The fourth-order valence-electron chi connectivity index (χ4n) is 2.01. The molecule has 2 rings (SSSR count). The lowest BCUT2D eigenvalue weighted by Crippen LogP contribution is -2.37. The molecule has 0 aromatic heterocycles. The summed E-state index contributed by atoms with van der Waals surface area (Å²) in [5.74, 6) is 0.807. The van der Waals surface area contributed by atoms with E-state index in [1.165, 1.54) is 0 Å². The minimum absolute atomic E-state index is 0.0646. The molecule has 1 aliphatic rings. The van der Waals surface area contributed by atoms with Gasteiger partial charge in [0.05, 0.1) is 0 Å². The van der Waals surface area contributed by atoms with Crippen LogP contribution in [0.5, 0.6) is 5.75 Å². The van der Waals surface area contributed by atoms with Crippen molar-refractivity contribution in [2.75, 3.05) is 26.2 Å². The van der Waals surface area contributed by atoms with E-state index in [0.717, 1.165) is 31.8 Å². The number of para-hydroxylation sites is 1. The van der Waals surface area contributed by atoms with E-state index < -0.39 is 0 Å². The highest BCUT2D eigenvalue weighted by atomic mass is 16.5. The Morgan fingerprint density at radius 1 is 1.39 bits per heavy atom. The average molecular weight is 248 g/mol. The SMILES string of the molecule is CC1CCN(C(=O)COc2ccccc2)CCN1. The van der Waals surface area contributed by atoms with Gasteiger partial charge in [0, 0.05) is 25.7 Å². The van der Waals surface area contributed by atoms with Crippen LogP contribution in [0, 0.1) is 0 Å². The topological polar surface area (TPSA) is 41.6 Å². The lowest BCUT2D eigenvalue weighted by molar-refractivity contribution is -0.133. The van der Waals surface area contributed by atoms with Crippen molar-refractivity contribution < 1.29 is 9.53 Å². The third-order valence-electron chi connectivity index (χ3n) is 3.16. The van der Waals surface area contributed by atoms with Gasteiger partial charge in [-0.25, -0.2) is 0 Å². The Morgan fingerprint density at radius 3 is 2.94 bits per heavy atom. The van der Waals surface area contributed by atoms with Crippen LogP contribution in [0.2, 0.25) is 0 Å². The van der Waals surface area contributed by atoms with Crippen LogP contribution in [0.25, 0.3) is 0 Å². The van der Waals surface area contributed by atoms with Gasteiger partial charge in [0.25, 0.3) is 5.91 Å². The van der Waals surface area contributed by atoms with Gasteiger partial charge in [0.15, 0.2) is 6.61 Å². The second kappa shape index (κ2) is 6.40. The zero-order chi connectivity index (χ0) is 12.8. The molecule has 0 aliphatic carbocycles. The second-order valence-electron chi connectivity index (χ2n) is 4.63. The Morgan fingerprint density at radius 2 is 2.17 bits per heavy atom. The highest BCUT2D eigenvalue weighted by molar-refractivity contribution is 5.77. The van der Waals surface area contributed by atoms with E-state index in [2.05, 4.69) is 12.2 Å². The quantitative estimate of drug-likeness (QED) is 0.876. The molecule has 0 radical (unpaired) electrons. The first-order chi connectivity index (χ1) is 8.75. The van der Waals surface area contributed by atoms with Gasteiger partial charge in [-0.3, -0.25) is 4.79 Å². The van der Waals surface area contributed by atoms with Crippen LogP contribution in [0.3, 0.4) is 0 Å². The predicted molar refractivity (Wildman–Crippen MR) is 70.6 cm³/mol. The number of carbonyl (C=O) groups excluding carboxylic acids is 1. The van der Waals surface area contributed by atoms with Crippen molar-refractivity contribution in [2.24, 2.45) is 0 Å². The molecule has 4 heteroatoms. The van der Waals surface area contributed by atoms with Crippen LogP contribution >= 0.6 is 0 Å². The Bertz CT molecular complexity index is 381. The third kappa shape index (κ3) is 3.74. The van der Waals surface area contributed by atoms with Crippen molar-refractivity contribution in [2.45, 2.75) is 19.4 Å². The van der Waals surface area contributed by atoms with Crippen LogP contribution in [0.4, 0.5) is 0 Å². The summed E-state index contributed by atoms with van der Waals surface area (Å²) in [5, 5.41) is 3.37. The molecule has 1 aliphatic heterocycles. The van der Waals surface area contributed by atoms with Gasteiger partial charge in [0.1, 0.15) is 5.75 Å². The third-order valence-corrected chi connectivity index (χ3v) is 3.16. The second-order valence-corrected chi connectivity index (χ2v) is 4.63. The summed E-state index contributed by atoms with van der Waals surface area (Å²) in [5.41, 5.74) is 0. The summed E-state index contributed by atoms with van der Waals surface area (Å²) in [6.45, 7) is 4.71. The number of nitrogens with zero attached hydrogens (tertiary/aromatic N) is 1. The molecule has 4 nitrogen and oxygen atoms in total. The van der Waals surface area contributed by atoms with Gasteiger partial charge >= 0.3 is 0 Å². The van der Waals surface area contributed by atoms with Crippen molar-refractivity contribution in [1.29, 1.82) is 0 Å². The highest BCUT2D eigenvalue weighted by Gasteiger charge is 2.18. The number of carbonyl (C=O) groups is 1. The van der Waals surface area contributed by atoms with E-state index >= 15 is 0 Å². The summed E-state index contributed by atoms with van der Waals surface area (Å²) in [4.78, 5) is 13.9. The molecule has 1 amide bonds. The van der Waals surface area contributed by atoms with Crippen LogP contribution in [0.15, 0.2) is 30.3 Å². The van der Waals surface area contributed by atoms with E-state index in [0.29, 0.717) is 6.04 Å². The molecule has 0 bridgehead atoms. The fraction of sp³-hybridized carbons (Fsp3) is 0.500. The summed E-state index contributed by atoms with van der Waals surface area (Å²) < 4.78 is 5.48. The standard InChI is InChI=1S/C14H20N2O2/c1-12-7-9-16(10-8-15-12)14(17)11-18-13-5-3-2-4-6-13/h2-6,12,15H,7-11H2,1H3. The van der Waals surface area contributed by atoms with E-state index in [1.807, 2.05) is 35.2 Å².